The van der Waals surface area contributed by atoms with E-state index >= 15 is 0 Å². The number of aromatic nitrogens is 2. The molecule has 4 atom stereocenters. The number of aliphatic hydroxyl groups is 2. The molecule has 0 aliphatic carbocycles. The molecule has 0 aromatic carbocycles. The van der Waals surface area contributed by atoms with E-state index in [0.717, 1.165) is 13.1 Å². The maximum atomic E-state index is 14.4. The van der Waals surface area contributed by atoms with Crippen LogP contribution in [0, 0.1) is 0 Å². The van der Waals surface area contributed by atoms with Crippen molar-refractivity contribution in [1.82, 2.24) is 9.55 Å². The van der Waals surface area contributed by atoms with Crippen molar-refractivity contribution in [2.75, 3.05) is 12.3 Å². The maximum absolute atomic E-state index is 14.4. The maximum Gasteiger partial charge on any atom is 0.351 e. The molecule has 1 fully saturated rings. The molecule has 1 saturated heterocycles. The van der Waals surface area contributed by atoms with Crippen molar-refractivity contribution in [3.05, 3.63) is 22.7 Å². The van der Waals surface area contributed by atoms with Crippen molar-refractivity contribution < 1.29 is 23.7 Å². The molecule has 0 bridgehead atoms. The lowest BCUT2D eigenvalue weighted by atomic mass is 9.97. The molecule has 2 heterocycles. The van der Waals surface area contributed by atoms with E-state index < -0.39 is 36.2 Å². The van der Waals surface area contributed by atoms with Crippen LogP contribution in [0.5, 0.6) is 0 Å². The van der Waals surface area contributed by atoms with Gasteiger partial charge in [-0.25, -0.2) is 13.6 Å². The van der Waals surface area contributed by atoms with Gasteiger partial charge in [-0.3, -0.25) is 4.57 Å². The number of nitrogen functional groups attached to an aromatic ring is 1. The van der Waals surface area contributed by atoms with Crippen LogP contribution in [-0.2, 0) is 4.74 Å². The predicted octanol–water partition coefficient (Wildman–Crippen LogP) is -0.899. The van der Waals surface area contributed by atoms with Crippen LogP contribution >= 0.6 is 0 Å². The highest BCUT2D eigenvalue weighted by Gasteiger charge is 2.64. The van der Waals surface area contributed by atoms with Crippen molar-refractivity contribution in [1.29, 1.82) is 0 Å². The topological polar surface area (TPSA) is 111 Å². The zero-order valence-corrected chi connectivity index (χ0v) is 9.96. The lowest BCUT2D eigenvalue weighted by Gasteiger charge is -2.24. The Morgan fingerprint density at radius 3 is 2.74 bits per heavy atom. The van der Waals surface area contributed by atoms with Crippen molar-refractivity contribution in [3.8, 4) is 0 Å². The number of ether oxygens (including phenoxy) is 1. The van der Waals surface area contributed by atoms with Gasteiger partial charge in [-0.2, -0.15) is 4.98 Å². The summed E-state index contributed by atoms with van der Waals surface area (Å²) in [5, 5.41) is 18.4. The molecular formula is C10H13F2N3O4. The predicted molar refractivity (Wildman–Crippen MR) is 59.5 cm³/mol. The molecule has 1 aliphatic heterocycles. The Bertz CT molecular complexity index is 550. The van der Waals surface area contributed by atoms with Crippen LogP contribution in [0.15, 0.2) is 17.1 Å². The minimum absolute atomic E-state index is 0.0889. The van der Waals surface area contributed by atoms with E-state index in [1.165, 1.54) is 6.07 Å². The number of aliphatic hydroxyl groups excluding tert-OH is 2. The smallest absolute Gasteiger partial charge is 0.351 e. The number of nitrogens with zero attached hydrogens (tertiary/aromatic N) is 2. The number of hydrogen-bond donors (Lipinski definition) is 3. The SMILES string of the molecule is C[C@]1(F)[C@H](n2ccc(N)nc2=O)O[C@](F)(CO)[C@H]1O. The molecule has 0 radical (unpaired) electrons. The third-order valence-corrected chi connectivity index (χ3v) is 3.05. The van der Waals surface area contributed by atoms with Crippen molar-refractivity contribution in [3.63, 3.8) is 0 Å². The first-order chi connectivity index (χ1) is 8.72. The van der Waals surface area contributed by atoms with Crippen LogP contribution < -0.4 is 11.4 Å². The highest BCUT2D eigenvalue weighted by atomic mass is 19.2. The first kappa shape index (κ1) is 13.8. The van der Waals surface area contributed by atoms with E-state index in [1.807, 2.05) is 0 Å². The molecule has 9 heteroatoms. The van der Waals surface area contributed by atoms with Crippen LogP contribution in [0.1, 0.15) is 13.2 Å². The number of alkyl halides is 2. The summed E-state index contributed by atoms with van der Waals surface area (Å²) in [6.07, 6.45) is -2.94. The third kappa shape index (κ3) is 1.99. The summed E-state index contributed by atoms with van der Waals surface area (Å²) in [5.41, 5.74) is 1.70. The highest BCUT2D eigenvalue weighted by Crippen LogP contribution is 2.46. The quantitative estimate of drug-likeness (QED) is 0.646. The molecule has 0 amide bonds. The average molecular weight is 277 g/mol. The molecule has 4 N–H and O–H groups in total. The lowest BCUT2D eigenvalue weighted by molar-refractivity contribution is -0.207. The second kappa shape index (κ2) is 4.22. The second-order valence-electron chi connectivity index (χ2n) is 4.51. The Kier molecular flexibility index (Phi) is 3.07. The van der Waals surface area contributed by atoms with E-state index in [2.05, 4.69) is 9.72 Å². The molecule has 0 saturated carbocycles. The standard InChI is InChI=1S/C10H13F2N3O4/c1-9(11)6(17)10(12,4-16)19-7(9)15-3-2-5(13)14-8(15)18/h2-3,6-7,16-17H,4H2,1H3,(H2,13,14,18)/t6-,7+,9+,10+/m0/s1. The summed E-state index contributed by atoms with van der Waals surface area (Å²) in [6.45, 7) is -0.385. The van der Waals surface area contributed by atoms with E-state index in [1.54, 1.807) is 0 Å². The average Bonchev–Trinajstić information content (AvgIpc) is 2.51. The molecule has 1 aliphatic rings. The molecule has 19 heavy (non-hydrogen) atoms. The van der Waals surface area contributed by atoms with Crippen LogP contribution in [0.25, 0.3) is 0 Å². The van der Waals surface area contributed by atoms with E-state index in [4.69, 9.17) is 10.8 Å². The first-order valence-electron chi connectivity index (χ1n) is 5.41. The molecule has 1 aromatic rings. The Morgan fingerprint density at radius 2 is 2.26 bits per heavy atom. The fraction of sp³-hybridized carbons (Fsp3) is 0.600. The van der Waals surface area contributed by atoms with Gasteiger partial charge in [-0.05, 0) is 13.0 Å². The van der Waals surface area contributed by atoms with Gasteiger partial charge in [0, 0.05) is 6.20 Å². The highest BCUT2D eigenvalue weighted by molar-refractivity contribution is 5.24. The molecular weight excluding hydrogens is 264 g/mol. The monoisotopic (exact) mass is 277 g/mol. The van der Waals surface area contributed by atoms with Gasteiger partial charge in [0.1, 0.15) is 12.4 Å². The summed E-state index contributed by atoms with van der Waals surface area (Å²) >= 11 is 0. The molecule has 2 rings (SSSR count). The van der Waals surface area contributed by atoms with Gasteiger partial charge in [-0.15, -0.1) is 0 Å². The summed E-state index contributed by atoms with van der Waals surface area (Å²) in [6, 6.07) is 1.20. The Hall–Kier alpha value is -1.58. The Morgan fingerprint density at radius 1 is 1.63 bits per heavy atom. The normalized spacial score (nSPS) is 38.6. The Balaban J connectivity index is 2.48. The fourth-order valence-corrected chi connectivity index (χ4v) is 1.98. The largest absolute Gasteiger partial charge is 0.390 e. The summed E-state index contributed by atoms with van der Waals surface area (Å²) in [7, 11) is 0. The molecule has 106 valence electrons. The second-order valence-corrected chi connectivity index (χ2v) is 4.51. The molecule has 7 nitrogen and oxygen atoms in total. The molecule has 0 spiro atoms. The van der Waals surface area contributed by atoms with Gasteiger partial charge in [0.2, 0.25) is 0 Å². The zero-order valence-electron chi connectivity index (χ0n) is 9.96. The minimum Gasteiger partial charge on any atom is -0.390 e. The van der Waals surface area contributed by atoms with Gasteiger partial charge >= 0.3 is 5.69 Å². The van der Waals surface area contributed by atoms with Gasteiger partial charge < -0.3 is 20.7 Å². The van der Waals surface area contributed by atoms with Crippen LogP contribution in [0.3, 0.4) is 0 Å². The van der Waals surface area contributed by atoms with Crippen LogP contribution in [-0.4, -0.2) is 44.0 Å². The first-order valence-corrected chi connectivity index (χ1v) is 5.41. The van der Waals surface area contributed by atoms with E-state index in [9.17, 15) is 18.7 Å². The minimum atomic E-state index is -2.99. The van der Waals surface area contributed by atoms with E-state index in [0.29, 0.717) is 4.57 Å². The fourth-order valence-electron chi connectivity index (χ4n) is 1.98. The van der Waals surface area contributed by atoms with Gasteiger partial charge in [0.25, 0.3) is 5.85 Å². The summed E-state index contributed by atoms with van der Waals surface area (Å²) < 4.78 is 33.7. The van der Waals surface area contributed by atoms with Crippen molar-refractivity contribution in [2.45, 2.75) is 30.8 Å². The van der Waals surface area contributed by atoms with Crippen molar-refractivity contribution >= 4 is 5.82 Å². The molecule has 0 unspecified atom stereocenters. The van der Waals surface area contributed by atoms with Crippen LogP contribution in [0.2, 0.25) is 0 Å². The number of halogens is 2. The summed E-state index contributed by atoms with van der Waals surface area (Å²) in [4.78, 5) is 14.9. The third-order valence-electron chi connectivity index (χ3n) is 3.05. The van der Waals surface area contributed by atoms with Gasteiger partial charge in [-0.1, -0.05) is 0 Å². The van der Waals surface area contributed by atoms with Crippen LogP contribution in [0.4, 0.5) is 14.6 Å². The molecule has 1 aromatic heterocycles. The van der Waals surface area contributed by atoms with Gasteiger partial charge in [0.05, 0.1) is 0 Å². The Labute approximate surface area is 106 Å². The summed E-state index contributed by atoms with van der Waals surface area (Å²) in [5.74, 6) is -3.08. The van der Waals surface area contributed by atoms with Crippen molar-refractivity contribution in [2.24, 2.45) is 0 Å². The van der Waals surface area contributed by atoms with Gasteiger partial charge in [0.15, 0.2) is 18.0 Å². The van der Waals surface area contributed by atoms with E-state index in [-0.39, 0.29) is 5.82 Å². The zero-order chi connectivity index (χ0) is 14.4. The number of nitrogens with two attached hydrogens (primary N) is 1. The number of anilines is 1. The number of hydrogen-bond acceptors (Lipinski definition) is 6. The lowest BCUT2D eigenvalue weighted by Crippen LogP contribution is -2.46. The number of rotatable bonds is 2.